The number of ketones is 1. The standard InChI is InChI=1S/C36H48O6/c1-31(2)19-39-34(6,40-20-31)24-9-7-23(8-10-24)26-17-33(5)27(11-12-29(33)37)25-13-15-35(38)18-36(16-14-28(35)30(25)26)41-21-32(3,4)22-42-36/h7-12,25-27,38H,13-22H2,1-6H3/t25-,26+,27+,33-,35+/m0/s1. The van der Waals surface area contributed by atoms with Crippen molar-refractivity contribution in [3.8, 4) is 0 Å². The predicted octanol–water partition coefficient (Wildman–Crippen LogP) is 6.57. The molecule has 6 nitrogen and oxygen atoms in total. The van der Waals surface area contributed by atoms with Gasteiger partial charge in [-0.2, -0.15) is 0 Å². The van der Waals surface area contributed by atoms with E-state index in [9.17, 15) is 9.90 Å². The van der Waals surface area contributed by atoms with Crippen molar-refractivity contribution in [2.75, 3.05) is 26.4 Å². The molecule has 5 atom stereocenters. The lowest BCUT2D eigenvalue weighted by molar-refractivity contribution is -0.322. The van der Waals surface area contributed by atoms with Crippen LogP contribution in [0.2, 0.25) is 0 Å². The van der Waals surface area contributed by atoms with Gasteiger partial charge in [-0.05, 0) is 61.7 Å². The Morgan fingerprint density at radius 3 is 2.10 bits per heavy atom. The molecule has 7 rings (SSSR count). The second-order valence-electron chi connectivity index (χ2n) is 16.2. The summed E-state index contributed by atoms with van der Waals surface area (Å²) < 4.78 is 25.3. The Balaban J connectivity index is 1.25. The van der Waals surface area contributed by atoms with Gasteiger partial charge in [-0.3, -0.25) is 4.79 Å². The van der Waals surface area contributed by atoms with Crippen molar-refractivity contribution >= 4 is 5.78 Å². The van der Waals surface area contributed by atoms with Gasteiger partial charge in [0, 0.05) is 40.6 Å². The van der Waals surface area contributed by atoms with E-state index in [1.807, 2.05) is 13.0 Å². The lowest BCUT2D eigenvalue weighted by atomic mass is 9.51. The van der Waals surface area contributed by atoms with Crippen LogP contribution in [0.1, 0.15) is 97.1 Å². The summed E-state index contributed by atoms with van der Waals surface area (Å²) in [6.45, 7) is 15.4. The molecule has 1 spiro atoms. The number of hydrogen-bond acceptors (Lipinski definition) is 6. The Kier molecular flexibility index (Phi) is 6.43. The van der Waals surface area contributed by atoms with E-state index in [0.717, 1.165) is 31.2 Å². The van der Waals surface area contributed by atoms with Crippen molar-refractivity contribution in [2.45, 2.75) is 103 Å². The summed E-state index contributed by atoms with van der Waals surface area (Å²) in [5.41, 5.74) is 3.35. The molecule has 0 unspecified atom stereocenters. The molecule has 0 radical (unpaired) electrons. The van der Waals surface area contributed by atoms with Crippen LogP contribution in [0.4, 0.5) is 0 Å². The lowest BCUT2D eigenvalue weighted by Crippen LogP contribution is -2.57. The number of rotatable bonds is 2. The third-order valence-corrected chi connectivity index (χ3v) is 11.5. The molecule has 4 fully saturated rings. The van der Waals surface area contributed by atoms with Gasteiger partial charge in [0.2, 0.25) is 0 Å². The van der Waals surface area contributed by atoms with Crippen LogP contribution in [0.5, 0.6) is 0 Å². The Bertz CT molecular complexity index is 1320. The average Bonchev–Trinajstić information content (AvgIpc) is 3.25. The van der Waals surface area contributed by atoms with Crippen LogP contribution in [-0.4, -0.2) is 48.7 Å². The first-order valence-electron chi connectivity index (χ1n) is 16.0. The number of allylic oxidation sites excluding steroid dienone is 3. The lowest BCUT2D eigenvalue weighted by Gasteiger charge is -2.56. The minimum absolute atomic E-state index is 0.00146. The summed E-state index contributed by atoms with van der Waals surface area (Å²) in [6.07, 6.45) is 8.26. The van der Waals surface area contributed by atoms with E-state index in [0.29, 0.717) is 39.3 Å². The minimum atomic E-state index is -0.951. The van der Waals surface area contributed by atoms with E-state index in [2.05, 4.69) is 65.0 Å². The summed E-state index contributed by atoms with van der Waals surface area (Å²) in [4.78, 5) is 13.3. The Morgan fingerprint density at radius 2 is 1.45 bits per heavy atom. The summed E-state index contributed by atoms with van der Waals surface area (Å²) in [5, 5.41) is 12.4. The quantitative estimate of drug-likeness (QED) is 0.402. The number of carbonyl (C=O) groups excluding carboxylic acids is 1. The van der Waals surface area contributed by atoms with Gasteiger partial charge < -0.3 is 24.1 Å². The van der Waals surface area contributed by atoms with Crippen molar-refractivity contribution in [3.63, 3.8) is 0 Å². The minimum Gasteiger partial charge on any atom is -0.385 e. The van der Waals surface area contributed by atoms with E-state index < -0.39 is 22.6 Å². The van der Waals surface area contributed by atoms with Gasteiger partial charge in [0.1, 0.15) is 0 Å². The van der Waals surface area contributed by atoms with Crippen LogP contribution in [0.25, 0.3) is 0 Å². The molecule has 1 aromatic rings. The maximum Gasteiger partial charge on any atom is 0.191 e. The molecule has 2 aliphatic heterocycles. The molecule has 1 N–H and O–H groups in total. The molecule has 2 saturated carbocycles. The van der Waals surface area contributed by atoms with Gasteiger partial charge in [0.15, 0.2) is 17.4 Å². The summed E-state index contributed by atoms with van der Waals surface area (Å²) in [7, 11) is 0. The van der Waals surface area contributed by atoms with Crippen molar-refractivity contribution in [1.29, 1.82) is 0 Å². The SMILES string of the molecule is CC1(C)COC2(CCC3=C4[C@@H](CC[C@@]3(O)C2)[C@H]2C=CC(=O)[C@@]2(C)C[C@@H]4c2ccc(C3(C)OCC(C)(C)CO3)cc2)OC1. The number of hydrogen-bond donors (Lipinski definition) is 1. The van der Waals surface area contributed by atoms with E-state index in [-0.39, 0.29) is 34.4 Å². The van der Waals surface area contributed by atoms with E-state index in [1.54, 1.807) is 0 Å². The summed E-state index contributed by atoms with van der Waals surface area (Å²) in [5.74, 6) is -0.751. The highest BCUT2D eigenvalue weighted by atomic mass is 16.7. The maximum absolute atomic E-state index is 13.3. The smallest absolute Gasteiger partial charge is 0.191 e. The largest absolute Gasteiger partial charge is 0.385 e. The topological polar surface area (TPSA) is 74.2 Å². The summed E-state index contributed by atoms with van der Waals surface area (Å²) >= 11 is 0. The van der Waals surface area contributed by atoms with Crippen LogP contribution in [0.15, 0.2) is 47.6 Å². The molecular formula is C36H48O6. The molecular weight excluding hydrogens is 528 g/mol. The van der Waals surface area contributed by atoms with Crippen LogP contribution in [0, 0.1) is 28.1 Å². The number of fused-ring (bicyclic) bond motifs is 4. The predicted molar refractivity (Wildman–Crippen MR) is 160 cm³/mol. The molecule has 42 heavy (non-hydrogen) atoms. The Morgan fingerprint density at radius 1 is 0.833 bits per heavy atom. The number of ether oxygens (including phenoxy) is 4. The van der Waals surface area contributed by atoms with Gasteiger partial charge in [-0.25, -0.2) is 0 Å². The normalized spacial score (nSPS) is 39.5. The molecule has 0 aromatic heterocycles. The van der Waals surface area contributed by atoms with Crippen LogP contribution in [-0.2, 0) is 29.5 Å². The highest BCUT2D eigenvalue weighted by molar-refractivity contribution is 5.98. The summed E-state index contributed by atoms with van der Waals surface area (Å²) in [6, 6.07) is 8.67. The molecule has 6 aliphatic rings. The second kappa shape index (κ2) is 9.34. The number of benzene rings is 1. The second-order valence-corrected chi connectivity index (χ2v) is 16.2. The Labute approximate surface area is 250 Å². The molecule has 2 heterocycles. The van der Waals surface area contributed by atoms with Crippen molar-refractivity contribution in [1.82, 2.24) is 0 Å². The fourth-order valence-corrected chi connectivity index (χ4v) is 8.78. The highest BCUT2D eigenvalue weighted by Gasteiger charge is 2.59. The fourth-order valence-electron chi connectivity index (χ4n) is 8.78. The first-order valence-corrected chi connectivity index (χ1v) is 16.0. The van der Waals surface area contributed by atoms with Crippen LogP contribution < -0.4 is 0 Å². The highest BCUT2D eigenvalue weighted by Crippen LogP contribution is 2.63. The van der Waals surface area contributed by atoms with Gasteiger partial charge >= 0.3 is 0 Å². The van der Waals surface area contributed by atoms with Crippen molar-refractivity contribution in [3.05, 3.63) is 58.7 Å². The molecule has 2 saturated heterocycles. The zero-order chi connectivity index (χ0) is 29.8. The first-order chi connectivity index (χ1) is 19.7. The molecule has 0 amide bonds. The van der Waals surface area contributed by atoms with Crippen LogP contribution >= 0.6 is 0 Å². The number of aliphatic hydroxyl groups is 1. The molecule has 1 aromatic carbocycles. The van der Waals surface area contributed by atoms with Gasteiger partial charge in [0.25, 0.3) is 0 Å². The Hall–Kier alpha value is -1.83. The van der Waals surface area contributed by atoms with E-state index in [4.69, 9.17) is 18.9 Å². The monoisotopic (exact) mass is 576 g/mol. The zero-order valence-corrected chi connectivity index (χ0v) is 26.3. The maximum atomic E-state index is 13.3. The molecule has 4 aliphatic carbocycles. The van der Waals surface area contributed by atoms with Gasteiger partial charge in [-0.15, -0.1) is 0 Å². The third-order valence-electron chi connectivity index (χ3n) is 11.5. The molecule has 0 bridgehead atoms. The average molecular weight is 577 g/mol. The van der Waals surface area contributed by atoms with Gasteiger partial charge in [-0.1, -0.05) is 70.5 Å². The fraction of sp³-hybridized carbons (Fsp3) is 0.694. The van der Waals surface area contributed by atoms with E-state index >= 15 is 0 Å². The molecule has 6 heteroatoms. The van der Waals surface area contributed by atoms with Crippen LogP contribution in [0.3, 0.4) is 0 Å². The van der Waals surface area contributed by atoms with Crippen molar-refractivity contribution < 1.29 is 28.8 Å². The number of carbonyl (C=O) groups is 1. The first kappa shape index (κ1) is 28.9. The van der Waals surface area contributed by atoms with Crippen molar-refractivity contribution in [2.24, 2.45) is 28.1 Å². The zero-order valence-electron chi connectivity index (χ0n) is 26.3. The molecule has 228 valence electrons. The third kappa shape index (κ3) is 4.51. The van der Waals surface area contributed by atoms with E-state index in [1.165, 1.54) is 16.7 Å². The van der Waals surface area contributed by atoms with Gasteiger partial charge in [0.05, 0.1) is 32.0 Å².